The Kier molecular flexibility index (Phi) is 5.27. The molecule has 100 valence electrons. The molecule has 0 saturated heterocycles. The van der Waals surface area contributed by atoms with Crippen LogP contribution in [0.1, 0.15) is 12.8 Å². The molecule has 0 aliphatic heterocycles. The van der Waals surface area contributed by atoms with E-state index in [1.54, 1.807) is 20.2 Å². The third-order valence-electron chi connectivity index (χ3n) is 2.45. The number of nitrogen functional groups attached to an aromatic ring is 1. The maximum absolute atomic E-state index is 13.2. The van der Waals surface area contributed by atoms with Crippen molar-refractivity contribution in [1.82, 2.24) is 4.90 Å². The third-order valence-corrected chi connectivity index (χ3v) is 3.89. The van der Waals surface area contributed by atoms with Crippen LogP contribution in [0, 0.1) is 5.82 Å². The third kappa shape index (κ3) is 4.10. The Hall–Kier alpha value is -1.43. The quantitative estimate of drug-likeness (QED) is 0.824. The number of hydrogen-bond acceptors (Lipinski definition) is 3. The van der Waals surface area contributed by atoms with Gasteiger partial charge >= 0.3 is 0 Å². The van der Waals surface area contributed by atoms with Crippen LogP contribution < -0.4 is 5.73 Å². The minimum atomic E-state index is -1.30. The molecule has 1 aromatic rings. The fraction of sp³-hybridized carbons (Fsp3) is 0.417. The molecule has 1 rings (SSSR count). The maximum atomic E-state index is 13.2. The zero-order chi connectivity index (χ0) is 13.7. The first kappa shape index (κ1) is 14.6. The van der Waals surface area contributed by atoms with Crippen LogP contribution in [-0.4, -0.2) is 34.9 Å². The molecule has 0 radical (unpaired) electrons. The Labute approximate surface area is 108 Å². The second kappa shape index (κ2) is 6.49. The minimum absolute atomic E-state index is 0.00418. The highest BCUT2D eigenvalue weighted by Gasteiger charge is 2.09. The van der Waals surface area contributed by atoms with E-state index in [1.807, 2.05) is 0 Å². The van der Waals surface area contributed by atoms with Crippen molar-refractivity contribution in [2.75, 3.05) is 25.6 Å². The molecule has 1 aromatic carbocycles. The van der Waals surface area contributed by atoms with E-state index in [-0.39, 0.29) is 11.6 Å². The fourth-order valence-corrected chi connectivity index (χ4v) is 2.44. The highest BCUT2D eigenvalue weighted by Crippen LogP contribution is 2.15. The smallest absolute Gasteiger partial charge is 0.222 e. The van der Waals surface area contributed by atoms with Crippen LogP contribution >= 0.6 is 0 Å². The van der Waals surface area contributed by atoms with Crippen molar-refractivity contribution in [2.24, 2.45) is 0 Å². The summed E-state index contributed by atoms with van der Waals surface area (Å²) in [5, 5.41) is 0. The summed E-state index contributed by atoms with van der Waals surface area (Å²) in [6.07, 6.45) is 0.853. The Morgan fingerprint density at radius 3 is 2.67 bits per heavy atom. The van der Waals surface area contributed by atoms with Crippen LogP contribution in [0.4, 0.5) is 10.1 Å². The van der Waals surface area contributed by atoms with Gasteiger partial charge in [-0.05, 0) is 24.6 Å². The van der Waals surface area contributed by atoms with Gasteiger partial charge in [0, 0.05) is 31.2 Å². The number of nitrogens with two attached hydrogens (primary N) is 1. The van der Waals surface area contributed by atoms with E-state index in [0.717, 1.165) is 0 Å². The van der Waals surface area contributed by atoms with Crippen molar-refractivity contribution in [3.8, 4) is 0 Å². The van der Waals surface area contributed by atoms with Crippen molar-refractivity contribution >= 4 is 22.4 Å². The van der Waals surface area contributed by atoms with Crippen LogP contribution in [0.2, 0.25) is 0 Å². The molecule has 18 heavy (non-hydrogen) atoms. The molecule has 0 saturated carbocycles. The lowest BCUT2D eigenvalue weighted by Gasteiger charge is -2.09. The molecule has 0 aliphatic rings. The Bertz CT molecular complexity index is 463. The van der Waals surface area contributed by atoms with Gasteiger partial charge in [-0.15, -0.1) is 0 Å². The molecule has 2 N–H and O–H groups in total. The molecule has 1 unspecified atom stereocenters. The van der Waals surface area contributed by atoms with Gasteiger partial charge in [0.2, 0.25) is 5.91 Å². The monoisotopic (exact) mass is 272 g/mol. The fourth-order valence-electron chi connectivity index (χ4n) is 1.35. The molecule has 0 aliphatic carbocycles. The second-order valence-electron chi connectivity index (χ2n) is 4.12. The van der Waals surface area contributed by atoms with Crippen LogP contribution in [0.5, 0.6) is 0 Å². The van der Waals surface area contributed by atoms with Crippen LogP contribution in [0.25, 0.3) is 0 Å². The number of nitrogens with zero attached hydrogens (tertiary/aromatic N) is 1. The van der Waals surface area contributed by atoms with Crippen LogP contribution in [-0.2, 0) is 15.6 Å². The van der Waals surface area contributed by atoms with Gasteiger partial charge in [-0.2, -0.15) is 0 Å². The average Bonchev–Trinajstić information content (AvgIpc) is 2.32. The largest absolute Gasteiger partial charge is 0.396 e. The average molecular weight is 272 g/mol. The van der Waals surface area contributed by atoms with Gasteiger partial charge in [-0.1, -0.05) is 0 Å². The SMILES string of the molecule is CN(C)C(=O)CCCS(=O)c1ccc(N)c(F)c1. The lowest BCUT2D eigenvalue weighted by Crippen LogP contribution is -2.21. The first-order chi connectivity index (χ1) is 8.41. The molecule has 1 amide bonds. The van der Waals surface area contributed by atoms with E-state index in [9.17, 15) is 13.4 Å². The number of amides is 1. The summed E-state index contributed by atoms with van der Waals surface area (Å²) in [5.41, 5.74) is 5.38. The summed E-state index contributed by atoms with van der Waals surface area (Å²) in [6.45, 7) is 0. The number of carbonyl (C=O) groups excluding carboxylic acids is 1. The first-order valence-electron chi connectivity index (χ1n) is 5.55. The molecule has 6 heteroatoms. The topological polar surface area (TPSA) is 63.4 Å². The van der Waals surface area contributed by atoms with Gasteiger partial charge in [0.05, 0.1) is 16.5 Å². The lowest BCUT2D eigenvalue weighted by atomic mass is 10.3. The van der Waals surface area contributed by atoms with Gasteiger partial charge in [0.15, 0.2) is 0 Å². The first-order valence-corrected chi connectivity index (χ1v) is 6.87. The van der Waals surface area contributed by atoms with Crippen molar-refractivity contribution in [2.45, 2.75) is 17.7 Å². The zero-order valence-electron chi connectivity index (χ0n) is 10.5. The standard InChI is InChI=1S/C12H17FN2O2S/c1-15(2)12(16)4-3-7-18(17)9-5-6-11(14)10(13)8-9/h5-6,8H,3-4,7,14H2,1-2H3. The minimum Gasteiger partial charge on any atom is -0.396 e. The van der Waals surface area contributed by atoms with Crippen molar-refractivity contribution in [1.29, 1.82) is 0 Å². The van der Waals surface area contributed by atoms with Crippen LogP contribution in [0.15, 0.2) is 23.1 Å². The number of carbonyl (C=O) groups is 1. The van der Waals surface area contributed by atoms with Gasteiger partial charge in [-0.25, -0.2) is 4.39 Å². The molecule has 0 bridgehead atoms. The molecular formula is C12H17FN2O2S. The van der Waals surface area contributed by atoms with Crippen molar-refractivity contribution in [3.05, 3.63) is 24.0 Å². The number of benzene rings is 1. The molecule has 1 atom stereocenters. The summed E-state index contributed by atoms with van der Waals surface area (Å²) in [5.74, 6) is -0.233. The summed E-state index contributed by atoms with van der Waals surface area (Å²) in [6, 6.07) is 4.12. The normalized spacial score (nSPS) is 12.2. The van der Waals surface area contributed by atoms with E-state index < -0.39 is 16.6 Å². The second-order valence-corrected chi connectivity index (χ2v) is 5.70. The lowest BCUT2D eigenvalue weighted by molar-refractivity contribution is -0.128. The highest BCUT2D eigenvalue weighted by molar-refractivity contribution is 7.85. The predicted molar refractivity (Wildman–Crippen MR) is 70.0 cm³/mol. The zero-order valence-corrected chi connectivity index (χ0v) is 11.3. The van der Waals surface area contributed by atoms with Gasteiger partial charge < -0.3 is 10.6 Å². The Morgan fingerprint density at radius 1 is 1.44 bits per heavy atom. The molecule has 0 heterocycles. The van der Waals surface area contributed by atoms with Gasteiger partial charge in [0.1, 0.15) is 5.82 Å². The summed E-state index contributed by atoms with van der Waals surface area (Å²) in [7, 11) is 2.05. The van der Waals surface area contributed by atoms with E-state index in [4.69, 9.17) is 5.73 Å². The van der Waals surface area contributed by atoms with E-state index in [1.165, 1.54) is 17.0 Å². The Balaban J connectivity index is 2.50. The molecule has 0 spiro atoms. The highest BCUT2D eigenvalue weighted by atomic mass is 32.2. The maximum Gasteiger partial charge on any atom is 0.222 e. The number of anilines is 1. The number of rotatable bonds is 5. The van der Waals surface area contributed by atoms with Crippen LogP contribution in [0.3, 0.4) is 0 Å². The molecule has 4 nitrogen and oxygen atoms in total. The van der Waals surface area contributed by atoms with E-state index >= 15 is 0 Å². The Morgan fingerprint density at radius 2 is 2.11 bits per heavy atom. The van der Waals surface area contributed by atoms with Crippen molar-refractivity contribution < 1.29 is 13.4 Å². The molecule has 0 fully saturated rings. The van der Waals surface area contributed by atoms with Crippen molar-refractivity contribution in [3.63, 3.8) is 0 Å². The summed E-state index contributed by atoms with van der Waals surface area (Å²) >= 11 is 0. The summed E-state index contributed by atoms with van der Waals surface area (Å²) < 4.78 is 25.0. The summed E-state index contributed by atoms with van der Waals surface area (Å²) in [4.78, 5) is 13.2. The van der Waals surface area contributed by atoms with E-state index in [2.05, 4.69) is 0 Å². The molecule has 0 aromatic heterocycles. The molecular weight excluding hydrogens is 255 g/mol. The van der Waals surface area contributed by atoms with Gasteiger partial charge in [-0.3, -0.25) is 9.00 Å². The predicted octanol–water partition coefficient (Wildman–Crippen LogP) is 1.38. The van der Waals surface area contributed by atoms with Gasteiger partial charge in [0.25, 0.3) is 0 Å². The van der Waals surface area contributed by atoms with E-state index in [0.29, 0.717) is 23.5 Å². The number of hydrogen-bond donors (Lipinski definition) is 1. The number of halogens is 1.